The zero-order valence-electron chi connectivity index (χ0n) is 17.1. The van der Waals surface area contributed by atoms with E-state index in [2.05, 4.69) is 61.5 Å². The molecule has 0 spiro atoms. The fourth-order valence-corrected chi connectivity index (χ4v) is 3.96. The Balaban J connectivity index is 1.46. The minimum atomic E-state index is 0.722. The standard InChI is InChI=1S/C20H31N7S/c1-4-17-15-24-19(28-17)6-8-23-20(21-2)25-14-16-5-7-22-18(13-16)27-11-9-26(3)10-12-27/h5,7,13,15H,4,6,8-12,14H2,1-3H3,(H2,21,23,25). The molecule has 152 valence electrons. The summed E-state index contributed by atoms with van der Waals surface area (Å²) in [5.74, 6) is 1.87. The van der Waals surface area contributed by atoms with Crippen LogP contribution in [0.1, 0.15) is 22.4 Å². The molecule has 0 radical (unpaired) electrons. The van der Waals surface area contributed by atoms with Crippen molar-refractivity contribution < 1.29 is 0 Å². The van der Waals surface area contributed by atoms with Crippen molar-refractivity contribution in [3.63, 3.8) is 0 Å². The molecule has 1 aliphatic heterocycles. The molecule has 1 aliphatic rings. The monoisotopic (exact) mass is 401 g/mol. The number of aliphatic imine (C=N–C) groups is 1. The number of aromatic nitrogens is 2. The Hall–Kier alpha value is -2.19. The van der Waals surface area contributed by atoms with Gasteiger partial charge in [0.05, 0.1) is 5.01 Å². The van der Waals surface area contributed by atoms with Gasteiger partial charge in [-0.3, -0.25) is 4.99 Å². The number of nitrogens with zero attached hydrogens (tertiary/aromatic N) is 5. The molecular formula is C20H31N7S. The highest BCUT2D eigenvalue weighted by Crippen LogP contribution is 2.15. The number of aryl methyl sites for hydroxylation is 1. The first-order valence-corrected chi connectivity index (χ1v) is 10.8. The Labute approximate surface area is 171 Å². The van der Waals surface area contributed by atoms with Gasteiger partial charge >= 0.3 is 0 Å². The van der Waals surface area contributed by atoms with E-state index in [-0.39, 0.29) is 0 Å². The SMILES string of the molecule is CCc1cnc(CCNC(=NC)NCc2ccnc(N3CCN(C)CC3)c2)s1. The first-order chi connectivity index (χ1) is 13.7. The number of likely N-dealkylation sites (N-methyl/N-ethyl adjacent to an activating group) is 1. The zero-order chi connectivity index (χ0) is 19.8. The van der Waals surface area contributed by atoms with E-state index >= 15 is 0 Å². The van der Waals surface area contributed by atoms with Gasteiger partial charge in [-0.25, -0.2) is 9.97 Å². The van der Waals surface area contributed by atoms with Crippen LogP contribution in [0.5, 0.6) is 0 Å². The van der Waals surface area contributed by atoms with E-state index in [1.54, 1.807) is 18.4 Å². The molecule has 7 nitrogen and oxygen atoms in total. The number of rotatable bonds is 7. The largest absolute Gasteiger partial charge is 0.356 e. The highest BCUT2D eigenvalue weighted by Gasteiger charge is 2.15. The average molecular weight is 402 g/mol. The minimum absolute atomic E-state index is 0.722. The van der Waals surface area contributed by atoms with Crippen molar-refractivity contribution in [3.8, 4) is 0 Å². The van der Waals surface area contributed by atoms with Crippen LogP contribution in [0.2, 0.25) is 0 Å². The summed E-state index contributed by atoms with van der Waals surface area (Å²) in [6, 6.07) is 4.23. The van der Waals surface area contributed by atoms with E-state index in [0.717, 1.165) is 63.9 Å². The van der Waals surface area contributed by atoms with E-state index in [0.29, 0.717) is 0 Å². The van der Waals surface area contributed by atoms with Gasteiger partial charge in [0, 0.05) is 70.0 Å². The van der Waals surface area contributed by atoms with E-state index in [4.69, 9.17) is 0 Å². The lowest BCUT2D eigenvalue weighted by atomic mass is 10.2. The summed E-state index contributed by atoms with van der Waals surface area (Å²) in [6.45, 7) is 7.92. The molecule has 1 saturated heterocycles. The van der Waals surface area contributed by atoms with Crippen LogP contribution in [0.4, 0.5) is 5.82 Å². The molecule has 0 aromatic carbocycles. The molecule has 0 aliphatic carbocycles. The minimum Gasteiger partial charge on any atom is -0.356 e. The molecular weight excluding hydrogens is 370 g/mol. The smallest absolute Gasteiger partial charge is 0.191 e. The topological polar surface area (TPSA) is 68.7 Å². The fraction of sp³-hybridized carbons (Fsp3) is 0.550. The van der Waals surface area contributed by atoms with Crippen LogP contribution >= 0.6 is 11.3 Å². The van der Waals surface area contributed by atoms with Gasteiger partial charge in [0.25, 0.3) is 0 Å². The van der Waals surface area contributed by atoms with Crippen LogP contribution in [-0.4, -0.2) is 67.6 Å². The number of guanidine groups is 1. The molecule has 0 atom stereocenters. The Kier molecular flexibility index (Phi) is 7.62. The van der Waals surface area contributed by atoms with Gasteiger partial charge in [-0.15, -0.1) is 11.3 Å². The second-order valence-electron chi connectivity index (χ2n) is 6.99. The summed E-state index contributed by atoms with van der Waals surface area (Å²) in [6.07, 6.45) is 5.84. The van der Waals surface area contributed by atoms with Crippen LogP contribution in [0.3, 0.4) is 0 Å². The van der Waals surface area contributed by atoms with Crippen LogP contribution in [0, 0.1) is 0 Å². The molecule has 2 aromatic rings. The third kappa shape index (κ3) is 5.90. The van der Waals surface area contributed by atoms with Crippen molar-refractivity contribution in [1.82, 2.24) is 25.5 Å². The van der Waals surface area contributed by atoms with E-state index in [1.165, 1.54) is 15.4 Å². The predicted octanol–water partition coefficient (Wildman–Crippen LogP) is 1.76. The summed E-state index contributed by atoms with van der Waals surface area (Å²) in [7, 11) is 3.97. The van der Waals surface area contributed by atoms with Gasteiger partial charge in [0.2, 0.25) is 0 Å². The quantitative estimate of drug-likeness (QED) is 0.544. The number of nitrogens with one attached hydrogen (secondary N) is 2. The van der Waals surface area contributed by atoms with Crippen LogP contribution in [0.25, 0.3) is 0 Å². The number of pyridine rings is 1. The molecule has 8 heteroatoms. The van der Waals surface area contributed by atoms with Crippen LogP contribution in [-0.2, 0) is 19.4 Å². The highest BCUT2D eigenvalue weighted by atomic mass is 32.1. The number of hydrogen-bond donors (Lipinski definition) is 2. The maximum atomic E-state index is 4.56. The molecule has 3 heterocycles. The summed E-state index contributed by atoms with van der Waals surface area (Å²) < 4.78 is 0. The Morgan fingerprint density at radius 3 is 2.75 bits per heavy atom. The summed E-state index contributed by atoms with van der Waals surface area (Å²) >= 11 is 1.79. The van der Waals surface area contributed by atoms with Gasteiger partial charge in [0.15, 0.2) is 5.96 Å². The van der Waals surface area contributed by atoms with Crippen LogP contribution < -0.4 is 15.5 Å². The van der Waals surface area contributed by atoms with E-state index in [9.17, 15) is 0 Å². The zero-order valence-corrected chi connectivity index (χ0v) is 17.9. The van der Waals surface area contributed by atoms with Crippen molar-refractivity contribution in [3.05, 3.63) is 40.0 Å². The van der Waals surface area contributed by atoms with Crippen molar-refractivity contribution in [2.24, 2.45) is 4.99 Å². The molecule has 1 fully saturated rings. The second kappa shape index (κ2) is 10.4. The van der Waals surface area contributed by atoms with Gasteiger partial charge in [-0.05, 0) is 31.2 Å². The molecule has 2 N–H and O–H groups in total. The summed E-state index contributed by atoms with van der Waals surface area (Å²) in [4.78, 5) is 19.4. The van der Waals surface area contributed by atoms with Gasteiger partial charge in [-0.1, -0.05) is 6.92 Å². The molecule has 0 amide bonds. The van der Waals surface area contributed by atoms with E-state index < -0.39 is 0 Å². The normalized spacial score (nSPS) is 15.7. The molecule has 3 rings (SSSR count). The Bertz CT molecular complexity index is 765. The lowest BCUT2D eigenvalue weighted by molar-refractivity contribution is 0.312. The highest BCUT2D eigenvalue weighted by molar-refractivity contribution is 7.11. The fourth-order valence-electron chi connectivity index (χ4n) is 3.10. The van der Waals surface area contributed by atoms with Gasteiger partial charge in [-0.2, -0.15) is 0 Å². The van der Waals surface area contributed by atoms with Crippen LogP contribution in [0.15, 0.2) is 29.5 Å². The molecule has 2 aromatic heterocycles. The molecule has 28 heavy (non-hydrogen) atoms. The number of anilines is 1. The van der Waals surface area contributed by atoms with Crippen molar-refractivity contribution >= 4 is 23.1 Å². The number of piperazine rings is 1. The molecule has 0 bridgehead atoms. The van der Waals surface area contributed by atoms with Gasteiger partial charge < -0.3 is 20.4 Å². The average Bonchev–Trinajstić information content (AvgIpc) is 3.19. The predicted molar refractivity (Wildman–Crippen MR) is 117 cm³/mol. The maximum absolute atomic E-state index is 4.56. The summed E-state index contributed by atoms with van der Waals surface area (Å²) in [5, 5.41) is 7.94. The number of hydrogen-bond acceptors (Lipinski definition) is 6. The first-order valence-electron chi connectivity index (χ1n) is 9.94. The maximum Gasteiger partial charge on any atom is 0.191 e. The lowest BCUT2D eigenvalue weighted by Gasteiger charge is -2.33. The number of thiazole rings is 1. The first kappa shape index (κ1) is 20.5. The molecule has 0 saturated carbocycles. The summed E-state index contributed by atoms with van der Waals surface area (Å²) in [5.41, 5.74) is 1.21. The molecule has 0 unspecified atom stereocenters. The second-order valence-corrected chi connectivity index (χ2v) is 8.19. The van der Waals surface area contributed by atoms with Gasteiger partial charge in [0.1, 0.15) is 5.82 Å². The van der Waals surface area contributed by atoms with Crippen molar-refractivity contribution in [2.75, 3.05) is 51.7 Å². The third-order valence-corrected chi connectivity index (χ3v) is 6.10. The van der Waals surface area contributed by atoms with E-state index in [1.807, 2.05) is 12.4 Å². The van der Waals surface area contributed by atoms with Crippen molar-refractivity contribution in [2.45, 2.75) is 26.3 Å². The Morgan fingerprint density at radius 1 is 1.21 bits per heavy atom. The Morgan fingerprint density at radius 2 is 2.04 bits per heavy atom. The lowest BCUT2D eigenvalue weighted by Crippen LogP contribution is -2.44. The van der Waals surface area contributed by atoms with Crippen molar-refractivity contribution in [1.29, 1.82) is 0 Å². The third-order valence-electron chi connectivity index (χ3n) is 4.90.